The highest BCUT2D eigenvalue weighted by atomic mass is 35.5. The van der Waals surface area contributed by atoms with E-state index in [2.05, 4.69) is 5.10 Å². The Morgan fingerprint density at radius 2 is 2.00 bits per heavy atom. The Morgan fingerprint density at radius 1 is 1.21 bits per heavy atom. The first-order valence-corrected chi connectivity index (χ1v) is 11.0. The minimum absolute atomic E-state index is 0.00380. The summed E-state index contributed by atoms with van der Waals surface area (Å²) in [6, 6.07) is 15.2. The summed E-state index contributed by atoms with van der Waals surface area (Å²) in [5.74, 6) is -0.0464. The maximum Gasteiger partial charge on any atom is 0.306 e. The van der Waals surface area contributed by atoms with Gasteiger partial charge in [-0.1, -0.05) is 29.8 Å². The lowest BCUT2D eigenvalue weighted by molar-refractivity contribution is -0.152. The number of furan rings is 1. The molecule has 0 radical (unpaired) electrons. The molecular formula is C25H23ClN2O6. The van der Waals surface area contributed by atoms with E-state index in [0.29, 0.717) is 35.1 Å². The van der Waals surface area contributed by atoms with Crippen LogP contribution < -0.4 is 4.74 Å². The summed E-state index contributed by atoms with van der Waals surface area (Å²) >= 11 is 5.98. The van der Waals surface area contributed by atoms with Crippen molar-refractivity contribution in [2.24, 2.45) is 5.10 Å². The van der Waals surface area contributed by atoms with Gasteiger partial charge in [-0.2, -0.15) is 5.10 Å². The molecule has 1 aromatic heterocycles. The number of hydrazone groups is 1. The number of carbonyl (C=O) groups is 2. The van der Waals surface area contributed by atoms with Crippen molar-refractivity contribution < 1.29 is 28.6 Å². The molecule has 1 N–H and O–H groups in total. The minimum atomic E-state index is -0.528. The summed E-state index contributed by atoms with van der Waals surface area (Å²) in [7, 11) is 1.46. The van der Waals surface area contributed by atoms with Crippen LogP contribution in [-0.2, 0) is 20.7 Å². The Kier molecular flexibility index (Phi) is 7.18. The highest BCUT2D eigenvalue weighted by Crippen LogP contribution is 2.33. The average molecular weight is 483 g/mol. The van der Waals surface area contributed by atoms with Gasteiger partial charge < -0.3 is 19.0 Å². The van der Waals surface area contributed by atoms with Gasteiger partial charge in [-0.3, -0.25) is 9.59 Å². The monoisotopic (exact) mass is 482 g/mol. The van der Waals surface area contributed by atoms with Crippen molar-refractivity contribution in [1.29, 1.82) is 0 Å². The van der Waals surface area contributed by atoms with Crippen molar-refractivity contribution in [3.8, 4) is 11.5 Å². The van der Waals surface area contributed by atoms with Gasteiger partial charge in [-0.05, 0) is 53.9 Å². The van der Waals surface area contributed by atoms with Gasteiger partial charge in [0.2, 0.25) is 0 Å². The third-order valence-electron chi connectivity index (χ3n) is 5.43. The van der Waals surface area contributed by atoms with Crippen molar-refractivity contribution in [2.45, 2.75) is 25.3 Å². The Bertz CT molecular complexity index is 1190. The molecule has 0 fully saturated rings. The van der Waals surface area contributed by atoms with Crippen LogP contribution in [0.1, 0.15) is 35.8 Å². The van der Waals surface area contributed by atoms with Crippen LogP contribution in [0.2, 0.25) is 5.02 Å². The predicted octanol–water partition coefficient (Wildman–Crippen LogP) is 4.50. The van der Waals surface area contributed by atoms with Crippen LogP contribution in [0.25, 0.3) is 0 Å². The number of methoxy groups -OCH3 is 1. The number of hydrogen-bond acceptors (Lipinski definition) is 7. The number of phenolic OH excluding ortho intramolecular Hbond substituents is 1. The van der Waals surface area contributed by atoms with Gasteiger partial charge in [0.15, 0.2) is 18.1 Å². The van der Waals surface area contributed by atoms with Gasteiger partial charge in [0.1, 0.15) is 11.8 Å². The number of phenols is 1. The Hall–Kier alpha value is -3.78. The molecule has 0 bridgehead atoms. The summed E-state index contributed by atoms with van der Waals surface area (Å²) in [5, 5.41) is 16.3. The van der Waals surface area contributed by atoms with Crippen molar-refractivity contribution in [1.82, 2.24) is 5.01 Å². The van der Waals surface area contributed by atoms with Crippen molar-refractivity contribution in [3.63, 3.8) is 0 Å². The van der Waals surface area contributed by atoms with E-state index in [1.807, 2.05) is 12.1 Å². The van der Waals surface area contributed by atoms with Gasteiger partial charge in [0.25, 0.3) is 5.91 Å². The highest BCUT2D eigenvalue weighted by molar-refractivity contribution is 6.30. The lowest BCUT2D eigenvalue weighted by Crippen LogP contribution is -2.31. The third kappa shape index (κ3) is 5.40. The Labute approximate surface area is 201 Å². The molecule has 8 nitrogen and oxygen atoms in total. The van der Waals surface area contributed by atoms with Crippen LogP contribution in [0, 0.1) is 0 Å². The fourth-order valence-corrected chi connectivity index (χ4v) is 3.80. The van der Waals surface area contributed by atoms with E-state index in [0.717, 1.165) is 11.1 Å². The molecule has 0 saturated heterocycles. The molecule has 1 atom stereocenters. The maximum atomic E-state index is 12.9. The summed E-state index contributed by atoms with van der Waals surface area (Å²) in [4.78, 5) is 25.1. The minimum Gasteiger partial charge on any atom is -0.504 e. The number of nitrogens with zero attached hydrogens (tertiary/aromatic N) is 2. The molecule has 0 saturated carbocycles. The van der Waals surface area contributed by atoms with Crippen LogP contribution in [0.15, 0.2) is 70.4 Å². The van der Waals surface area contributed by atoms with Crippen LogP contribution in [0.4, 0.5) is 0 Å². The standard InChI is InChI=1S/C25H23ClN2O6/c1-32-23-10-4-16(13-21(23)29)5-11-25(31)34-15-24(30)28-20(22-3-2-12-33-22)14-19(27-28)17-6-8-18(26)9-7-17/h2-4,6-10,12-13,20,29H,5,11,14-15H2,1H3. The number of aromatic hydroxyl groups is 1. The number of aryl methyl sites for hydroxylation is 1. The number of esters is 1. The van der Waals surface area contributed by atoms with Gasteiger partial charge in [-0.15, -0.1) is 0 Å². The van der Waals surface area contributed by atoms with E-state index in [4.69, 9.17) is 25.5 Å². The number of rotatable bonds is 8. The molecule has 34 heavy (non-hydrogen) atoms. The van der Waals surface area contributed by atoms with E-state index in [-0.39, 0.29) is 12.2 Å². The molecule has 9 heteroatoms. The molecule has 1 unspecified atom stereocenters. The molecule has 2 heterocycles. The van der Waals surface area contributed by atoms with Crippen LogP contribution >= 0.6 is 11.6 Å². The van der Waals surface area contributed by atoms with Crippen LogP contribution in [0.5, 0.6) is 11.5 Å². The lowest BCUT2D eigenvalue weighted by Gasteiger charge is -2.19. The number of halogens is 1. The zero-order valence-electron chi connectivity index (χ0n) is 18.4. The molecule has 3 aromatic rings. The third-order valence-corrected chi connectivity index (χ3v) is 5.68. The molecule has 0 aliphatic carbocycles. The second kappa shape index (κ2) is 10.4. The number of carbonyl (C=O) groups excluding carboxylic acids is 2. The molecule has 176 valence electrons. The number of amides is 1. The van der Waals surface area contributed by atoms with E-state index >= 15 is 0 Å². The topological polar surface area (TPSA) is 102 Å². The average Bonchev–Trinajstić information content (AvgIpc) is 3.52. The van der Waals surface area contributed by atoms with E-state index in [1.165, 1.54) is 24.4 Å². The number of benzene rings is 2. The summed E-state index contributed by atoms with van der Waals surface area (Å²) in [5.41, 5.74) is 2.30. The van der Waals surface area contributed by atoms with Crippen molar-refractivity contribution in [2.75, 3.05) is 13.7 Å². The summed E-state index contributed by atoms with van der Waals surface area (Å²) in [6.07, 6.45) is 2.40. The molecule has 1 aliphatic rings. The lowest BCUT2D eigenvalue weighted by atomic mass is 10.0. The largest absolute Gasteiger partial charge is 0.504 e. The first kappa shape index (κ1) is 23.4. The van der Waals surface area contributed by atoms with Crippen molar-refractivity contribution >= 4 is 29.2 Å². The maximum absolute atomic E-state index is 12.9. The molecule has 1 aliphatic heterocycles. The molecule has 1 amide bonds. The SMILES string of the molecule is COc1ccc(CCC(=O)OCC(=O)N2N=C(c3ccc(Cl)cc3)CC2c2ccco2)cc1O. The van der Waals surface area contributed by atoms with Crippen molar-refractivity contribution in [3.05, 3.63) is 82.8 Å². The molecule has 4 rings (SSSR count). The van der Waals surface area contributed by atoms with Gasteiger partial charge in [0, 0.05) is 17.9 Å². The molecular weight excluding hydrogens is 460 g/mol. The summed E-state index contributed by atoms with van der Waals surface area (Å²) < 4.78 is 15.7. The second-order valence-corrected chi connectivity index (χ2v) is 8.13. The van der Waals surface area contributed by atoms with Gasteiger partial charge in [0.05, 0.1) is 19.1 Å². The molecule has 2 aromatic carbocycles. The first-order valence-electron chi connectivity index (χ1n) is 10.6. The predicted molar refractivity (Wildman–Crippen MR) is 125 cm³/mol. The fourth-order valence-electron chi connectivity index (χ4n) is 3.68. The Morgan fingerprint density at radius 3 is 2.68 bits per heavy atom. The van der Waals surface area contributed by atoms with E-state index < -0.39 is 24.5 Å². The normalized spacial score (nSPS) is 15.2. The zero-order valence-corrected chi connectivity index (χ0v) is 19.2. The quantitative estimate of drug-likeness (QED) is 0.474. The zero-order chi connectivity index (χ0) is 24.1. The van der Waals surface area contributed by atoms with Crippen LogP contribution in [-0.4, -0.2) is 41.4 Å². The number of ether oxygens (including phenoxy) is 2. The smallest absolute Gasteiger partial charge is 0.306 e. The Balaban J connectivity index is 1.38. The molecule has 0 spiro atoms. The van der Waals surface area contributed by atoms with Gasteiger partial charge >= 0.3 is 5.97 Å². The second-order valence-electron chi connectivity index (χ2n) is 7.69. The van der Waals surface area contributed by atoms with E-state index in [9.17, 15) is 14.7 Å². The van der Waals surface area contributed by atoms with Crippen LogP contribution in [0.3, 0.4) is 0 Å². The number of hydrogen-bond donors (Lipinski definition) is 1. The van der Waals surface area contributed by atoms with Gasteiger partial charge in [-0.25, -0.2) is 5.01 Å². The fraction of sp³-hybridized carbons (Fsp3) is 0.240. The van der Waals surface area contributed by atoms with E-state index in [1.54, 1.807) is 36.4 Å². The first-order chi connectivity index (χ1) is 16.4. The highest BCUT2D eigenvalue weighted by Gasteiger charge is 2.35. The summed E-state index contributed by atoms with van der Waals surface area (Å²) in [6.45, 7) is -0.443.